The summed E-state index contributed by atoms with van der Waals surface area (Å²) in [4.78, 5) is -0.0764. The zero-order valence-electron chi connectivity index (χ0n) is 11.4. The summed E-state index contributed by atoms with van der Waals surface area (Å²) in [5, 5.41) is 0. The number of benzene rings is 2. The second-order valence-corrected chi connectivity index (χ2v) is 7.33. The molecule has 0 aliphatic rings. The molecule has 0 aliphatic carbocycles. The van der Waals surface area contributed by atoms with Gasteiger partial charge < -0.3 is 0 Å². The van der Waals surface area contributed by atoms with Gasteiger partial charge in [-0.15, -0.1) is 0 Å². The third-order valence-corrected chi connectivity index (χ3v) is 5.09. The highest BCUT2D eigenvalue weighted by Gasteiger charge is 2.15. The van der Waals surface area contributed by atoms with Crippen molar-refractivity contribution < 1.29 is 12.8 Å². The molecule has 2 rings (SSSR count). The molecule has 0 radical (unpaired) electrons. The van der Waals surface area contributed by atoms with Gasteiger partial charge >= 0.3 is 0 Å². The summed E-state index contributed by atoms with van der Waals surface area (Å²) in [6.45, 7) is 2.25. The standard InChI is InChI=1S/C15H15BrFNO2S/c1-11-3-2-4-12(9-11)7-8-18-21(19,20)13-5-6-14(16)15(17)10-13/h2-6,9-10,18H,7-8H2,1H3. The fourth-order valence-corrected chi connectivity index (χ4v) is 3.21. The maximum absolute atomic E-state index is 13.4. The zero-order chi connectivity index (χ0) is 15.5. The maximum atomic E-state index is 13.4. The van der Waals surface area contributed by atoms with Crippen molar-refractivity contribution in [2.24, 2.45) is 0 Å². The Morgan fingerprint density at radius 2 is 1.95 bits per heavy atom. The molecule has 3 nitrogen and oxygen atoms in total. The van der Waals surface area contributed by atoms with Crippen molar-refractivity contribution in [2.45, 2.75) is 18.2 Å². The fourth-order valence-electron chi connectivity index (χ4n) is 1.92. The Balaban J connectivity index is 2.03. The zero-order valence-corrected chi connectivity index (χ0v) is 13.8. The van der Waals surface area contributed by atoms with Crippen molar-refractivity contribution in [3.8, 4) is 0 Å². The van der Waals surface area contributed by atoms with Crippen molar-refractivity contribution in [1.82, 2.24) is 4.72 Å². The van der Waals surface area contributed by atoms with Crippen LogP contribution in [0, 0.1) is 12.7 Å². The molecular formula is C15H15BrFNO2S. The van der Waals surface area contributed by atoms with Crippen LogP contribution < -0.4 is 4.72 Å². The lowest BCUT2D eigenvalue weighted by Gasteiger charge is -2.08. The predicted molar refractivity (Wildman–Crippen MR) is 84.2 cm³/mol. The van der Waals surface area contributed by atoms with Crippen LogP contribution in [0.15, 0.2) is 51.8 Å². The van der Waals surface area contributed by atoms with Crippen LogP contribution >= 0.6 is 15.9 Å². The van der Waals surface area contributed by atoms with E-state index in [-0.39, 0.29) is 15.9 Å². The van der Waals surface area contributed by atoms with E-state index in [4.69, 9.17) is 0 Å². The van der Waals surface area contributed by atoms with Crippen molar-refractivity contribution in [1.29, 1.82) is 0 Å². The van der Waals surface area contributed by atoms with E-state index >= 15 is 0 Å². The van der Waals surface area contributed by atoms with E-state index in [9.17, 15) is 12.8 Å². The number of halogens is 2. The van der Waals surface area contributed by atoms with E-state index in [1.54, 1.807) is 0 Å². The normalized spacial score (nSPS) is 11.6. The van der Waals surface area contributed by atoms with E-state index in [0.29, 0.717) is 6.42 Å². The highest BCUT2D eigenvalue weighted by Crippen LogP contribution is 2.19. The molecule has 1 N–H and O–H groups in total. The lowest BCUT2D eigenvalue weighted by molar-refractivity contribution is 0.577. The van der Waals surface area contributed by atoms with Gasteiger partial charge in [-0.05, 0) is 53.0 Å². The van der Waals surface area contributed by atoms with Crippen LogP contribution in [0.25, 0.3) is 0 Å². The van der Waals surface area contributed by atoms with Gasteiger partial charge in [0.25, 0.3) is 0 Å². The third-order valence-electron chi connectivity index (χ3n) is 2.99. The van der Waals surface area contributed by atoms with Crippen molar-refractivity contribution in [3.63, 3.8) is 0 Å². The second-order valence-electron chi connectivity index (χ2n) is 4.71. The van der Waals surface area contributed by atoms with Crippen LogP contribution in [0.5, 0.6) is 0 Å². The molecule has 2 aromatic carbocycles. The highest BCUT2D eigenvalue weighted by atomic mass is 79.9. The number of hydrogen-bond acceptors (Lipinski definition) is 2. The van der Waals surface area contributed by atoms with Gasteiger partial charge in [0.15, 0.2) is 0 Å². The molecule has 0 unspecified atom stereocenters. The minimum Gasteiger partial charge on any atom is -0.211 e. The lowest BCUT2D eigenvalue weighted by atomic mass is 10.1. The Morgan fingerprint density at radius 3 is 2.62 bits per heavy atom. The number of hydrogen-bond donors (Lipinski definition) is 1. The summed E-state index contributed by atoms with van der Waals surface area (Å²) in [6.07, 6.45) is 0.583. The monoisotopic (exact) mass is 371 g/mol. The highest BCUT2D eigenvalue weighted by molar-refractivity contribution is 9.10. The Bertz CT molecular complexity index is 747. The van der Waals surface area contributed by atoms with E-state index in [2.05, 4.69) is 20.7 Å². The first kappa shape index (κ1) is 16.1. The molecule has 0 atom stereocenters. The first-order valence-electron chi connectivity index (χ1n) is 6.39. The van der Waals surface area contributed by atoms with Crippen molar-refractivity contribution in [3.05, 3.63) is 63.9 Å². The van der Waals surface area contributed by atoms with Crippen molar-refractivity contribution in [2.75, 3.05) is 6.54 Å². The summed E-state index contributed by atoms with van der Waals surface area (Å²) in [5.41, 5.74) is 2.19. The van der Waals surface area contributed by atoms with Crippen LogP contribution in [0.2, 0.25) is 0 Å². The second kappa shape index (κ2) is 6.68. The number of aryl methyl sites for hydroxylation is 1. The van der Waals surface area contributed by atoms with Gasteiger partial charge in [0.05, 0.1) is 9.37 Å². The number of rotatable bonds is 5. The fraction of sp³-hybridized carbons (Fsp3) is 0.200. The molecule has 0 heterocycles. The van der Waals surface area contributed by atoms with Gasteiger partial charge in [0.2, 0.25) is 10.0 Å². The van der Waals surface area contributed by atoms with Crippen LogP contribution in [0.1, 0.15) is 11.1 Å². The summed E-state index contributed by atoms with van der Waals surface area (Å²) in [7, 11) is -3.69. The van der Waals surface area contributed by atoms with Crippen LogP contribution in [-0.4, -0.2) is 15.0 Å². The molecule has 0 bridgehead atoms. The Labute approximate surface area is 132 Å². The Kier molecular flexibility index (Phi) is 5.13. The van der Waals surface area contributed by atoms with Crippen LogP contribution in [-0.2, 0) is 16.4 Å². The van der Waals surface area contributed by atoms with Gasteiger partial charge in [-0.3, -0.25) is 0 Å². The summed E-state index contributed by atoms with van der Waals surface area (Å²) in [5.74, 6) is -0.600. The largest absolute Gasteiger partial charge is 0.240 e. The number of nitrogens with one attached hydrogen (secondary N) is 1. The van der Waals surface area contributed by atoms with Crippen LogP contribution in [0.3, 0.4) is 0 Å². The third kappa shape index (κ3) is 4.36. The minimum atomic E-state index is -3.69. The first-order chi connectivity index (χ1) is 9.88. The Hall–Kier alpha value is -1.24. The molecule has 112 valence electrons. The first-order valence-corrected chi connectivity index (χ1v) is 8.66. The molecule has 0 aromatic heterocycles. The van der Waals surface area contributed by atoms with E-state index < -0.39 is 15.8 Å². The van der Waals surface area contributed by atoms with Gasteiger partial charge in [-0.1, -0.05) is 29.8 Å². The van der Waals surface area contributed by atoms with Gasteiger partial charge in [-0.25, -0.2) is 17.5 Å². The summed E-state index contributed by atoms with van der Waals surface area (Å²) >= 11 is 3.00. The molecule has 6 heteroatoms. The topological polar surface area (TPSA) is 46.2 Å². The maximum Gasteiger partial charge on any atom is 0.240 e. The molecule has 2 aromatic rings. The van der Waals surface area contributed by atoms with Gasteiger partial charge in [-0.2, -0.15) is 0 Å². The smallest absolute Gasteiger partial charge is 0.211 e. The quantitative estimate of drug-likeness (QED) is 0.874. The van der Waals surface area contributed by atoms with E-state index in [1.165, 1.54) is 12.1 Å². The van der Waals surface area contributed by atoms with Crippen LogP contribution in [0.4, 0.5) is 4.39 Å². The molecular weight excluding hydrogens is 357 g/mol. The average Bonchev–Trinajstić information content (AvgIpc) is 2.41. The molecule has 0 aliphatic heterocycles. The molecule has 0 amide bonds. The lowest BCUT2D eigenvalue weighted by Crippen LogP contribution is -2.26. The van der Waals surface area contributed by atoms with Crippen molar-refractivity contribution >= 4 is 26.0 Å². The minimum absolute atomic E-state index is 0.0764. The average molecular weight is 372 g/mol. The molecule has 0 spiro atoms. The Morgan fingerprint density at radius 1 is 1.19 bits per heavy atom. The SMILES string of the molecule is Cc1cccc(CCNS(=O)(=O)c2ccc(Br)c(F)c2)c1. The van der Waals surface area contributed by atoms with Gasteiger partial charge in [0.1, 0.15) is 5.82 Å². The van der Waals surface area contributed by atoms with Gasteiger partial charge in [0, 0.05) is 6.54 Å². The molecule has 0 saturated heterocycles. The summed E-state index contributed by atoms with van der Waals surface area (Å²) in [6, 6.07) is 11.6. The molecule has 0 fully saturated rings. The van der Waals surface area contributed by atoms with E-state index in [1.807, 2.05) is 31.2 Å². The number of sulfonamides is 1. The van der Waals surface area contributed by atoms with E-state index in [0.717, 1.165) is 17.2 Å². The molecule has 21 heavy (non-hydrogen) atoms. The predicted octanol–water partition coefficient (Wildman–Crippen LogP) is 3.42. The molecule has 0 saturated carbocycles. The summed E-state index contributed by atoms with van der Waals surface area (Å²) < 4.78 is 40.2.